The minimum absolute atomic E-state index is 0.941. The zero-order valence-corrected chi connectivity index (χ0v) is 12.5. The summed E-state index contributed by atoms with van der Waals surface area (Å²) in [5, 5.41) is 3.54. The topological polar surface area (TPSA) is 15.3 Å². The molecule has 0 aromatic heterocycles. The molecular weight excluding hydrogens is 232 g/mol. The van der Waals surface area contributed by atoms with E-state index in [4.69, 9.17) is 0 Å². The largest absolute Gasteiger partial charge is 0.313 e. The van der Waals surface area contributed by atoms with Crippen molar-refractivity contribution >= 4 is 0 Å². The van der Waals surface area contributed by atoms with Crippen molar-refractivity contribution in [2.45, 2.75) is 39.7 Å². The van der Waals surface area contributed by atoms with Crippen molar-refractivity contribution in [1.82, 2.24) is 10.2 Å². The SMILES string of the molecule is Cc1ccc(CNCCCN2CCC(C)CC2)cc1. The number of hydrogen-bond acceptors (Lipinski definition) is 2. The van der Waals surface area contributed by atoms with Crippen LogP contribution in [0.4, 0.5) is 0 Å². The fourth-order valence-electron chi connectivity index (χ4n) is 2.65. The second-order valence-electron chi connectivity index (χ2n) is 6.04. The summed E-state index contributed by atoms with van der Waals surface area (Å²) in [6.45, 7) is 10.5. The molecule has 1 fully saturated rings. The first kappa shape index (κ1) is 14.5. The third-order valence-electron chi connectivity index (χ3n) is 4.15. The Morgan fingerprint density at radius 1 is 1.16 bits per heavy atom. The van der Waals surface area contributed by atoms with Crippen LogP contribution >= 0.6 is 0 Å². The Kier molecular flexibility index (Phi) is 5.87. The van der Waals surface area contributed by atoms with E-state index < -0.39 is 0 Å². The van der Waals surface area contributed by atoms with Gasteiger partial charge in [0.15, 0.2) is 0 Å². The van der Waals surface area contributed by atoms with Gasteiger partial charge in [0.05, 0.1) is 0 Å². The van der Waals surface area contributed by atoms with Gasteiger partial charge in [0.2, 0.25) is 0 Å². The summed E-state index contributed by atoms with van der Waals surface area (Å²) in [5.41, 5.74) is 2.72. The lowest BCUT2D eigenvalue weighted by Crippen LogP contribution is -2.34. The van der Waals surface area contributed by atoms with Crippen molar-refractivity contribution in [3.8, 4) is 0 Å². The Hall–Kier alpha value is -0.860. The zero-order chi connectivity index (χ0) is 13.5. The smallest absolute Gasteiger partial charge is 0.0205 e. The molecule has 0 unspecified atom stereocenters. The van der Waals surface area contributed by atoms with Crippen molar-refractivity contribution < 1.29 is 0 Å². The van der Waals surface area contributed by atoms with Crippen LogP contribution in [0, 0.1) is 12.8 Å². The van der Waals surface area contributed by atoms with Gasteiger partial charge in [-0.15, -0.1) is 0 Å². The molecule has 1 aliphatic rings. The number of aryl methyl sites for hydroxylation is 1. The molecule has 1 aromatic carbocycles. The Balaban J connectivity index is 1.53. The van der Waals surface area contributed by atoms with Gasteiger partial charge in [-0.1, -0.05) is 36.8 Å². The van der Waals surface area contributed by atoms with Crippen molar-refractivity contribution in [2.24, 2.45) is 5.92 Å². The third-order valence-corrected chi connectivity index (χ3v) is 4.15. The number of benzene rings is 1. The van der Waals surface area contributed by atoms with Crippen molar-refractivity contribution in [2.75, 3.05) is 26.2 Å². The number of likely N-dealkylation sites (tertiary alicyclic amines) is 1. The molecule has 0 atom stereocenters. The molecule has 1 N–H and O–H groups in total. The first-order chi connectivity index (χ1) is 9.24. The summed E-state index contributed by atoms with van der Waals surface area (Å²) in [6.07, 6.45) is 4.04. The van der Waals surface area contributed by atoms with E-state index in [9.17, 15) is 0 Å². The van der Waals surface area contributed by atoms with E-state index in [-0.39, 0.29) is 0 Å². The maximum atomic E-state index is 3.54. The van der Waals surface area contributed by atoms with Gasteiger partial charge in [0.1, 0.15) is 0 Å². The van der Waals surface area contributed by atoms with Crippen LogP contribution in [0.1, 0.15) is 37.3 Å². The summed E-state index contributed by atoms with van der Waals surface area (Å²) < 4.78 is 0. The molecule has 2 rings (SSSR count). The molecule has 0 aliphatic carbocycles. The predicted octanol–water partition coefficient (Wildman–Crippen LogP) is 3.21. The lowest BCUT2D eigenvalue weighted by molar-refractivity contribution is 0.190. The molecule has 0 bridgehead atoms. The highest BCUT2D eigenvalue weighted by Crippen LogP contribution is 2.15. The van der Waals surface area contributed by atoms with Gasteiger partial charge in [-0.3, -0.25) is 0 Å². The predicted molar refractivity (Wildman–Crippen MR) is 82.3 cm³/mol. The first-order valence-corrected chi connectivity index (χ1v) is 7.72. The number of piperidine rings is 1. The molecule has 0 spiro atoms. The monoisotopic (exact) mass is 260 g/mol. The highest BCUT2D eigenvalue weighted by Gasteiger charge is 2.14. The standard InChI is InChI=1S/C17H28N2/c1-15-4-6-17(7-5-15)14-18-10-3-11-19-12-8-16(2)9-13-19/h4-7,16,18H,3,8-14H2,1-2H3. The maximum Gasteiger partial charge on any atom is 0.0205 e. The van der Waals surface area contributed by atoms with Crippen LogP contribution in [0.3, 0.4) is 0 Å². The highest BCUT2D eigenvalue weighted by atomic mass is 15.1. The third kappa shape index (κ3) is 5.33. The lowest BCUT2D eigenvalue weighted by atomic mass is 9.99. The molecule has 0 radical (unpaired) electrons. The quantitative estimate of drug-likeness (QED) is 0.790. The van der Waals surface area contributed by atoms with E-state index in [1.807, 2.05) is 0 Å². The average molecular weight is 260 g/mol. The fraction of sp³-hybridized carbons (Fsp3) is 0.647. The van der Waals surface area contributed by atoms with E-state index in [0.29, 0.717) is 0 Å². The van der Waals surface area contributed by atoms with E-state index in [0.717, 1.165) is 19.0 Å². The van der Waals surface area contributed by atoms with Crippen LogP contribution in [-0.2, 0) is 6.54 Å². The molecule has 19 heavy (non-hydrogen) atoms. The van der Waals surface area contributed by atoms with Crippen molar-refractivity contribution in [3.05, 3.63) is 35.4 Å². The van der Waals surface area contributed by atoms with Gasteiger partial charge in [0.25, 0.3) is 0 Å². The summed E-state index contributed by atoms with van der Waals surface area (Å²) >= 11 is 0. The number of nitrogens with one attached hydrogen (secondary N) is 1. The summed E-state index contributed by atoms with van der Waals surface area (Å²) in [4.78, 5) is 2.62. The van der Waals surface area contributed by atoms with Crippen molar-refractivity contribution in [3.63, 3.8) is 0 Å². The second-order valence-corrected chi connectivity index (χ2v) is 6.04. The van der Waals surface area contributed by atoms with Crippen LogP contribution in [0.15, 0.2) is 24.3 Å². The molecule has 1 heterocycles. The van der Waals surface area contributed by atoms with Crippen LogP contribution in [0.2, 0.25) is 0 Å². The minimum Gasteiger partial charge on any atom is -0.313 e. The maximum absolute atomic E-state index is 3.54. The van der Waals surface area contributed by atoms with Gasteiger partial charge in [-0.05, 0) is 63.8 Å². The van der Waals surface area contributed by atoms with E-state index >= 15 is 0 Å². The zero-order valence-electron chi connectivity index (χ0n) is 12.5. The average Bonchev–Trinajstić information content (AvgIpc) is 2.43. The molecular formula is C17H28N2. The molecule has 1 aromatic rings. The minimum atomic E-state index is 0.941. The van der Waals surface area contributed by atoms with E-state index in [2.05, 4.69) is 48.3 Å². The van der Waals surface area contributed by atoms with Crippen molar-refractivity contribution in [1.29, 1.82) is 0 Å². The van der Waals surface area contributed by atoms with E-state index in [1.165, 1.54) is 50.0 Å². The van der Waals surface area contributed by atoms with E-state index in [1.54, 1.807) is 0 Å². The van der Waals surface area contributed by atoms with Crippen LogP contribution in [0.25, 0.3) is 0 Å². The highest BCUT2D eigenvalue weighted by molar-refractivity contribution is 5.20. The molecule has 0 amide bonds. The summed E-state index contributed by atoms with van der Waals surface area (Å²) in [7, 11) is 0. The fourth-order valence-corrected chi connectivity index (χ4v) is 2.65. The van der Waals surface area contributed by atoms with Gasteiger partial charge < -0.3 is 10.2 Å². The van der Waals surface area contributed by atoms with Gasteiger partial charge in [-0.2, -0.15) is 0 Å². The molecule has 0 saturated carbocycles. The summed E-state index contributed by atoms with van der Waals surface area (Å²) in [6, 6.07) is 8.81. The summed E-state index contributed by atoms with van der Waals surface area (Å²) in [5.74, 6) is 0.941. The molecule has 2 heteroatoms. The Labute approximate surface area is 118 Å². The van der Waals surface area contributed by atoms with Gasteiger partial charge in [-0.25, -0.2) is 0 Å². The molecule has 1 saturated heterocycles. The number of hydrogen-bond donors (Lipinski definition) is 1. The molecule has 1 aliphatic heterocycles. The Morgan fingerprint density at radius 2 is 1.84 bits per heavy atom. The van der Waals surface area contributed by atoms with Crippen LogP contribution < -0.4 is 5.32 Å². The van der Waals surface area contributed by atoms with Gasteiger partial charge >= 0.3 is 0 Å². The second kappa shape index (κ2) is 7.66. The normalized spacial score (nSPS) is 17.8. The Bertz CT molecular complexity index is 350. The van der Waals surface area contributed by atoms with Gasteiger partial charge in [0, 0.05) is 6.54 Å². The molecule has 2 nitrogen and oxygen atoms in total. The Morgan fingerprint density at radius 3 is 2.53 bits per heavy atom. The molecule has 106 valence electrons. The first-order valence-electron chi connectivity index (χ1n) is 7.72. The lowest BCUT2D eigenvalue weighted by Gasteiger charge is -2.30. The number of rotatable bonds is 6. The van der Waals surface area contributed by atoms with Crippen LogP contribution in [0.5, 0.6) is 0 Å². The van der Waals surface area contributed by atoms with Crippen LogP contribution in [-0.4, -0.2) is 31.1 Å². The number of nitrogens with zero attached hydrogens (tertiary/aromatic N) is 1.